The van der Waals surface area contributed by atoms with Crippen LogP contribution in [0.3, 0.4) is 0 Å². The molecule has 5 nitrogen and oxygen atoms in total. The Kier molecular flexibility index (Phi) is 4.19. The summed E-state index contributed by atoms with van der Waals surface area (Å²) in [4.78, 5) is 12.8. The maximum Gasteiger partial charge on any atom is 0.255 e. The number of ether oxygens (including phenoxy) is 1. The molecule has 2 aliphatic rings. The molecule has 0 bridgehead atoms. The highest BCUT2D eigenvalue weighted by Crippen LogP contribution is 2.37. The summed E-state index contributed by atoms with van der Waals surface area (Å²) < 4.78 is 7.73. The molecule has 6 heteroatoms. The molecule has 1 aromatic heterocycles. The van der Waals surface area contributed by atoms with Gasteiger partial charge in [-0.25, -0.2) is 0 Å². The number of aromatic nitrogens is 2. The molecule has 3 heterocycles. The number of nitrogens with zero attached hydrogens (tertiary/aromatic N) is 2. The van der Waals surface area contributed by atoms with E-state index in [1.807, 2.05) is 22.9 Å². The number of amides is 1. The molecular weight excluding hydrogens is 326 g/mol. The predicted molar refractivity (Wildman–Crippen MR) is 91.6 cm³/mol. The highest BCUT2D eigenvalue weighted by atomic mass is 35.5. The van der Waals surface area contributed by atoms with Crippen molar-refractivity contribution in [2.75, 3.05) is 6.61 Å². The van der Waals surface area contributed by atoms with Crippen molar-refractivity contribution in [1.82, 2.24) is 15.1 Å². The number of hydrogen-bond acceptors (Lipinski definition) is 3. The van der Waals surface area contributed by atoms with Crippen LogP contribution in [0.25, 0.3) is 0 Å². The van der Waals surface area contributed by atoms with Crippen LogP contribution >= 0.6 is 11.6 Å². The maximum absolute atomic E-state index is 12.8. The van der Waals surface area contributed by atoms with Gasteiger partial charge in [-0.3, -0.25) is 9.48 Å². The van der Waals surface area contributed by atoms with Gasteiger partial charge in [-0.05, 0) is 38.2 Å². The second-order valence-corrected chi connectivity index (χ2v) is 6.77. The molecule has 1 atom stereocenters. The summed E-state index contributed by atoms with van der Waals surface area (Å²) in [6.45, 7) is 1.52. The number of aryl methyl sites for hydroxylation is 1. The van der Waals surface area contributed by atoms with E-state index in [0.29, 0.717) is 22.9 Å². The fourth-order valence-corrected chi connectivity index (χ4v) is 3.80. The summed E-state index contributed by atoms with van der Waals surface area (Å²) in [5.74, 6) is 0.634. The van der Waals surface area contributed by atoms with Gasteiger partial charge in [-0.1, -0.05) is 23.7 Å². The molecule has 4 rings (SSSR count). The monoisotopic (exact) mass is 345 g/mol. The van der Waals surface area contributed by atoms with Crippen molar-refractivity contribution in [2.45, 2.75) is 44.7 Å². The first-order valence-corrected chi connectivity index (χ1v) is 8.88. The second-order valence-electron chi connectivity index (χ2n) is 6.36. The lowest BCUT2D eigenvalue weighted by molar-refractivity contribution is 0.0933. The molecule has 0 radical (unpaired) electrons. The third-order valence-corrected chi connectivity index (χ3v) is 5.09. The predicted octanol–water partition coefficient (Wildman–Crippen LogP) is 3.52. The second kappa shape index (κ2) is 6.48. The average molecular weight is 346 g/mol. The zero-order chi connectivity index (χ0) is 16.5. The van der Waals surface area contributed by atoms with E-state index in [4.69, 9.17) is 16.3 Å². The highest BCUT2D eigenvalue weighted by molar-refractivity contribution is 6.32. The fourth-order valence-electron chi connectivity index (χ4n) is 3.57. The number of carbonyl (C=O) groups is 1. The molecule has 126 valence electrons. The van der Waals surface area contributed by atoms with Crippen LogP contribution in [-0.4, -0.2) is 22.3 Å². The smallest absolute Gasteiger partial charge is 0.255 e. The quantitative estimate of drug-likeness (QED) is 0.906. The maximum atomic E-state index is 12.8. The number of carbonyl (C=O) groups excluding carboxylic acids is 1. The van der Waals surface area contributed by atoms with Crippen molar-refractivity contribution < 1.29 is 9.53 Å². The number of rotatable bonds is 2. The Labute approximate surface area is 145 Å². The van der Waals surface area contributed by atoms with Crippen LogP contribution in [-0.2, 0) is 13.0 Å². The number of nitrogens with one attached hydrogen (secondary N) is 1. The van der Waals surface area contributed by atoms with Crippen molar-refractivity contribution in [1.29, 1.82) is 0 Å². The summed E-state index contributed by atoms with van der Waals surface area (Å²) in [6, 6.07) is 5.60. The molecule has 0 aliphatic carbocycles. The fraction of sp³-hybridized carbons (Fsp3) is 0.444. The molecule has 1 N–H and O–H groups in total. The summed E-state index contributed by atoms with van der Waals surface area (Å²) in [5.41, 5.74) is 2.70. The van der Waals surface area contributed by atoms with Crippen LogP contribution in [0.4, 0.5) is 0 Å². The summed E-state index contributed by atoms with van der Waals surface area (Å²) in [6.07, 6.45) is 6.56. The van der Waals surface area contributed by atoms with Crippen molar-refractivity contribution >= 4 is 17.5 Å². The Balaban J connectivity index is 1.60. The molecular formula is C18H20ClN3O2. The standard InChI is InChI=1S/C18H20ClN3O2/c19-14-6-3-5-12-15(7-4-10-24-17(12)14)21-18(23)13-11-20-22-9-2-1-8-16(13)22/h3,5-6,11,15H,1-2,4,7-10H2,(H,21,23). The first-order chi connectivity index (χ1) is 11.7. The van der Waals surface area contributed by atoms with E-state index < -0.39 is 0 Å². The highest BCUT2D eigenvalue weighted by Gasteiger charge is 2.26. The zero-order valence-corrected chi connectivity index (χ0v) is 14.2. The number of para-hydroxylation sites is 1. The lowest BCUT2D eigenvalue weighted by atomic mass is 10.0. The molecule has 1 amide bonds. The molecule has 1 aromatic carbocycles. The molecule has 2 aromatic rings. The summed E-state index contributed by atoms with van der Waals surface area (Å²) in [5, 5.41) is 8.12. The van der Waals surface area contributed by atoms with Crippen molar-refractivity contribution in [2.24, 2.45) is 0 Å². The van der Waals surface area contributed by atoms with Gasteiger partial charge in [0.05, 0.1) is 35.1 Å². The van der Waals surface area contributed by atoms with Crippen LogP contribution in [0.15, 0.2) is 24.4 Å². The van der Waals surface area contributed by atoms with Gasteiger partial charge in [0, 0.05) is 12.1 Å². The number of hydrogen-bond donors (Lipinski definition) is 1. The van der Waals surface area contributed by atoms with Crippen LogP contribution < -0.4 is 10.1 Å². The molecule has 2 aliphatic heterocycles. The van der Waals surface area contributed by atoms with Gasteiger partial charge in [0.2, 0.25) is 0 Å². The topological polar surface area (TPSA) is 56.1 Å². The number of halogens is 1. The molecule has 0 spiro atoms. The van der Waals surface area contributed by atoms with Gasteiger partial charge < -0.3 is 10.1 Å². The van der Waals surface area contributed by atoms with Gasteiger partial charge in [-0.2, -0.15) is 5.10 Å². The van der Waals surface area contributed by atoms with Crippen molar-refractivity contribution in [3.63, 3.8) is 0 Å². The Hall–Kier alpha value is -2.01. The number of fused-ring (bicyclic) bond motifs is 2. The van der Waals surface area contributed by atoms with E-state index >= 15 is 0 Å². The molecule has 0 fully saturated rings. The first-order valence-electron chi connectivity index (χ1n) is 8.51. The van der Waals surface area contributed by atoms with Crippen LogP contribution in [0, 0.1) is 0 Å². The molecule has 24 heavy (non-hydrogen) atoms. The van der Waals surface area contributed by atoms with Crippen molar-refractivity contribution in [3.8, 4) is 5.75 Å². The largest absolute Gasteiger partial charge is 0.492 e. The third-order valence-electron chi connectivity index (χ3n) is 4.79. The lowest BCUT2D eigenvalue weighted by Gasteiger charge is -2.20. The molecule has 0 saturated heterocycles. The normalized spacial score (nSPS) is 19.6. The van der Waals surface area contributed by atoms with Gasteiger partial charge in [0.15, 0.2) is 0 Å². The Bertz CT molecular complexity index is 772. The van der Waals surface area contributed by atoms with E-state index in [-0.39, 0.29) is 11.9 Å². The van der Waals surface area contributed by atoms with E-state index in [1.54, 1.807) is 6.20 Å². The van der Waals surface area contributed by atoms with Gasteiger partial charge in [0.25, 0.3) is 5.91 Å². The Morgan fingerprint density at radius 2 is 2.25 bits per heavy atom. The Morgan fingerprint density at radius 1 is 1.33 bits per heavy atom. The minimum absolute atomic E-state index is 0.0593. The van der Waals surface area contributed by atoms with Crippen LogP contribution in [0.5, 0.6) is 5.75 Å². The molecule has 1 unspecified atom stereocenters. The Morgan fingerprint density at radius 3 is 3.17 bits per heavy atom. The van der Waals surface area contributed by atoms with E-state index in [9.17, 15) is 4.79 Å². The van der Waals surface area contributed by atoms with Gasteiger partial charge in [0.1, 0.15) is 5.75 Å². The van der Waals surface area contributed by atoms with E-state index in [2.05, 4.69) is 10.4 Å². The first kappa shape index (κ1) is 15.5. The lowest BCUT2D eigenvalue weighted by Crippen LogP contribution is -2.29. The van der Waals surface area contributed by atoms with Crippen LogP contribution in [0.2, 0.25) is 5.02 Å². The van der Waals surface area contributed by atoms with E-state index in [0.717, 1.165) is 49.9 Å². The minimum Gasteiger partial charge on any atom is -0.492 e. The SMILES string of the molecule is O=C(NC1CCCOc2c(Cl)cccc21)c1cnn2c1CCCC2. The number of benzene rings is 1. The summed E-state index contributed by atoms with van der Waals surface area (Å²) >= 11 is 6.26. The molecule has 0 saturated carbocycles. The van der Waals surface area contributed by atoms with Gasteiger partial charge in [-0.15, -0.1) is 0 Å². The average Bonchev–Trinajstić information content (AvgIpc) is 2.92. The minimum atomic E-state index is -0.0900. The van der Waals surface area contributed by atoms with Gasteiger partial charge >= 0.3 is 0 Å². The zero-order valence-electron chi connectivity index (χ0n) is 13.4. The van der Waals surface area contributed by atoms with Crippen LogP contribution in [0.1, 0.15) is 53.3 Å². The summed E-state index contributed by atoms with van der Waals surface area (Å²) in [7, 11) is 0. The van der Waals surface area contributed by atoms with Crippen molar-refractivity contribution in [3.05, 3.63) is 46.2 Å². The van der Waals surface area contributed by atoms with E-state index in [1.165, 1.54) is 0 Å². The third kappa shape index (κ3) is 2.77.